The molecule has 15 heavy (non-hydrogen) atoms. The fraction of sp³-hybridized carbons (Fsp3) is 0.300. The molecule has 5 heteroatoms. The molecule has 0 saturated heterocycles. The van der Waals surface area contributed by atoms with Gasteiger partial charge in [0.05, 0.1) is 11.0 Å². The van der Waals surface area contributed by atoms with Crippen molar-refractivity contribution in [1.82, 2.24) is 5.32 Å². The van der Waals surface area contributed by atoms with E-state index in [0.29, 0.717) is 17.9 Å². The van der Waals surface area contributed by atoms with Crippen molar-refractivity contribution in [3.63, 3.8) is 0 Å². The Bertz CT molecular complexity index is 408. The molecule has 0 radical (unpaired) electrons. The summed E-state index contributed by atoms with van der Waals surface area (Å²) in [6, 6.07) is 2.74. The molecular formula is C10H9BrF2N2. The Balaban J connectivity index is 2.38. The monoisotopic (exact) mass is 274 g/mol. The molecule has 2 rings (SSSR count). The number of rotatable bonds is 1. The van der Waals surface area contributed by atoms with Crippen LogP contribution in [0, 0.1) is 11.6 Å². The van der Waals surface area contributed by atoms with E-state index in [1.165, 1.54) is 12.1 Å². The van der Waals surface area contributed by atoms with E-state index < -0.39 is 11.6 Å². The predicted octanol–water partition coefficient (Wildman–Crippen LogP) is 2.47. The van der Waals surface area contributed by atoms with Crippen molar-refractivity contribution in [1.29, 1.82) is 0 Å². The Hall–Kier alpha value is -0.970. The number of benzene rings is 1. The van der Waals surface area contributed by atoms with Crippen molar-refractivity contribution < 1.29 is 8.78 Å². The van der Waals surface area contributed by atoms with E-state index in [9.17, 15) is 8.78 Å². The van der Waals surface area contributed by atoms with Crippen LogP contribution >= 0.6 is 15.9 Å². The third kappa shape index (κ3) is 2.02. The molecule has 80 valence electrons. The zero-order chi connectivity index (χ0) is 11.0. The highest BCUT2D eigenvalue weighted by Gasteiger charge is 2.17. The zero-order valence-electron chi connectivity index (χ0n) is 8.02. The third-order valence-electron chi connectivity index (χ3n) is 2.16. The normalized spacial score (nSPS) is 20.0. The summed E-state index contributed by atoms with van der Waals surface area (Å²) in [6.45, 7) is 2.59. The van der Waals surface area contributed by atoms with E-state index in [2.05, 4.69) is 26.2 Å². The summed E-state index contributed by atoms with van der Waals surface area (Å²) in [6.07, 6.45) is 0. The molecule has 0 saturated carbocycles. The molecule has 0 fully saturated rings. The summed E-state index contributed by atoms with van der Waals surface area (Å²) < 4.78 is 26.3. The second-order valence-corrected chi connectivity index (χ2v) is 4.28. The summed E-state index contributed by atoms with van der Waals surface area (Å²) >= 11 is 2.82. The maximum atomic E-state index is 13.2. The molecule has 1 aliphatic rings. The standard InChI is InChI=1S/C10H9BrF2N2/c1-5-4-14-10(15-5)6-2-7(12)9(11)8(13)3-6/h2-3,5H,4H2,1H3,(H,14,15). The van der Waals surface area contributed by atoms with Gasteiger partial charge in [0, 0.05) is 11.6 Å². The van der Waals surface area contributed by atoms with E-state index in [4.69, 9.17) is 0 Å². The van der Waals surface area contributed by atoms with Crippen LogP contribution in [-0.4, -0.2) is 18.4 Å². The molecule has 0 amide bonds. The topological polar surface area (TPSA) is 24.4 Å². The maximum Gasteiger partial charge on any atom is 0.141 e. The lowest BCUT2D eigenvalue weighted by atomic mass is 10.2. The number of amidine groups is 1. The van der Waals surface area contributed by atoms with Gasteiger partial charge in [-0.05, 0) is 35.0 Å². The molecule has 0 bridgehead atoms. The average Bonchev–Trinajstić information content (AvgIpc) is 2.60. The van der Waals surface area contributed by atoms with E-state index in [1.54, 1.807) is 0 Å². The van der Waals surface area contributed by atoms with E-state index in [1.807, 2.05) is 6.92 Å². The minimum absolute atomic E-state index is 0.141. The number of nitrogens with one attached hydrogen (secondary N) is 1. The van der Waals surface area contributed by atoms with E-state index >= 15 is 0 Å². The molecule has 1 aromatic rings. The lowest BCUT2D eigenvalue weighted by Gasteiger charge is -2.07. The number of hydrogen-bond donors (Lipinski definition) is 1. The van der Waals surface area contributed by atoms with Gasteiger partial charge >= 0.3 is 0 Å². The number of nitrogens with zero attached hydrogens (tertiary/aromatic N) is 1. The van der Waals surface area contributed by atoms with E-state index in [0.717, 1.165) is 0 Å². The lowest BCUT2D eigenvalue weighted by molar-refractivity contribution is 0.571. The minimum atomic E-state index is -0.617. The Morgan fingerprint density at radius 2 is 2.00 bits per heavy atom. The first-order chi connectivity index (χ1) is 7.08. The SMILES string of the molecule is CC1CN=C(c2cc(F)c(Br)c(F)c2)N1. The number of hydrogen-bond acceptors (Lipinski definition) is 2. The summed E-state index contributed by atoms with van der Waals surface area (Å²) in [7, 11) is 0. The second kappa shape index (κ2) is 3.89. The van der Waals surface area contributed by atoms with Crippen molar-refractivity contribution in [3.8, 4) is 0 Å². The van der Waals surface area contributed by atoms with Crippen molar-refractivity contribution in [2.75, 3.05) is 6.54 Å². The summed E-state index contributed by atoms with van der Waals surface area (Å²) in [5.41, 5.74) is 0.442. The van der Waals surface area contributed by atoms with Gasteiger partial charge in [0.1, 0.15) is 17.5 Å². The molecule has 0 aliphatic carbocycles. The fourth-order valence-corrected chi connectivity index (χ4v) is 1.65. The minimum Gasteiger partial charge on any atom is -0.366 e. The quantitative estimate of drug-likeness (QED) is 0.782. The van der Waals surface area contributed by atoms with Crippen LogP contribution in [0.15, 0.2) is 21.6 Å². The van der Waals surface area contributed by atoms with Gasteiger partial charge in [0.25, 0.3) is 0 Å². The summed E-state index contributed by atoms with van der Waals surface area (Å²) in [4.78, 5) is 4.16. The predicted molar refractivity (Wildman–Crippen MR) is 58.1 cm³/mol. The summed E-state index contributed by atoms with van der Waals surface area (Å²) in [5, 5.41) is 3.05. The largest absolute Gasteiger partial charge is 0.366 e. The molecule has 1 heterocycles. The van der Waals surface area contributed by atoms with Crippen LogP contribution in [0.2, 0.25) is 0 Å². The van der Waals surface area contributed by atoms with Gasteiger partial charge in [-0.1, -0.05) is 0 Å². The summed E-state index contributed by atoms with van der Waals surface area (Å²) in [5.74, 6) is -0.684. The van der Waals surface area contributed by atoms with Crippen LogP contribution < -0.4 is 5.32 Å². The smallest absolute Gasteiger partial charge is 0.141 e. The molecule has 1 aromatic carbocycles. The van der Waals surface area contributed by atoms with Crippen molar-refractivity contribution in [2.24, 2.45) is 4.99 Å². The average molecular weight is 275 g/mol. The maximum absolute atomic E-state index is 13.2. The fourth-order valence-electron chi connectivity index (χ4n) is 1.42. The molecular weight excluding hydrogens is 266 g/mol. The Kier molecular flexibility index (Phi) is 2.73. The van der Waals surface area contributed by atoms with Crippen molar-refractivity contribution in [2.45, 2.75) is 13.0 Å². The molecule has 1 unspecified atom stereocenters. The van der Waals surface area contributed by atoms with Crippen LogP contribution in [0.1, 0.15) is 12.5 Å². The van der Waals surface area contributed by atoms with Crippen LogP contribution in [0.4, 0.5) is 8.78 Å². The van der Waals surface area contributed by atoms with Gasteiger partial charge in [-0.15, -0.1) is 0 Å². The van der Waals surface area contributed by atoms with E-state index in [-0.39, 0.29) is 10.5 Å². The Labute approximate surface area is 94.5 Å². The first kappa shape index (κ1) is 10.5. The third-order valence-corrected chi connectivity index (χ3v) is 2.92. The molecule has 2 nitrogen and oxygen atoms in total. The number of halogens is 3. The van der Waals surface area contributed by atoms with Crippen LogP contribution in [0.25, 0.3) is 0 Å². The highest BCUT2D eigenvalue weighted by atomic mass is 79.9. The van der Waals surface area contributed by atoms with Gasteiger partial charge in [-0.3, -0.25) is 4.99 Å². The first-order valence-electron chi connectivity index (χ1n) is 4.54. The van der Waals surface area contributed by atoms with Gasteiger partial charge in [-0.25, -0.2) is 8.78 Å². The molecule has 1 N–H and O–H groups in total. The Morgan fingerprint density at radius 1 is 1.40 bits per heavy atom. The van der Waals surface area contributed by atoms with Gasteiger partial charge in [0.2, 0.25) is 0 Å². The van der Waals surface area contributed by atoms with Gasteiger partial charge in [0.15, 0.2) is 0 Å². The molecule has 1 atom stereocenters. The van der Waals surface area contributed by atoms with Gasteiger partial charge in [-0.2, -0.15) is 0 Å². The number of aliphatic imine (C=N–C) groups is 1. The van der Waals surface area contributed by atoms with Crippen molar-refractivity contribution >= 4 is 21.8 Å². The first-order valence-corrected chi connectivity index (χ1v) is 5.33. The van der Waals surface area contributed by atoms with Crippen LogP contribution in [0.3, 0.4) is 0 Å². The molecule has 0 spiro atoms. The molecule has 0 aromatic heterocycles. The van der Waals surface area contributed by atoms with Crippen molar-refractivity contribution in [3.05, 3.63) is 33.8 Å². The van der Waals surface area contributed by atoms with Gasteiger partial charge < -0.3 is 5.32 Å². The zero-order valence-corrected chi connectivity index (χ0v) is 9.61. The van der Waals surface area contributed by atoms with Crippen LogP contribution in [0.5, 0.6) is 0 Å². The molecule has 1 aliphatic heterocycles. The Morgan fingerprint density at radius 3 is 2.47 bits per heavy atom. The second-order valence-electron chi connectivity index (χ2n) is 3.49. The highest BCUT2D eigenvalue weighted by Crippen LogP contribution is 2.21. The lowest BCUT2D eigenvalue weighted by Crippen LogP contribution is -2.27. The van der Waals surface area contributed by atoms with Crippen LogP contribution in [-0.2, 0) is 0 Å². The highest BCUT2D eigenvalue weighted by molar-refractivity contribution is 9.10.